The molecule has 86 valence electrons. The lowest BCUT2D eigenvalue weighted by Gasteiger charge is -2.47. The van der Waals surface area contributed by atoms with Gasteiger partial charge in [-0.2, -0.15) is 5.26 Å². The van der Waals surface area contributed by atoms with Crippen LogP contribution >= 0.6 is 0 Å². The van der Waals surface area contributed by atoms with Gasteiger partial charge in [0.25, 0.3) is 0 Å². The SMILES string of the molecule is CC1(C)CC(C(C#N)CO)CC(C)(C)N1. The van der Waals surface area contributed by atoms with Crippen LogP contribution in [0.15, 0.2) is 0 Å². The topological polar surface area (TPSA) is 56.0 Å². The van der Waals surface area contributed by atoms with Crippen molar-refractivity contribution >= 4 is 0 Å². The number of nitriles is 1. The van der Waals surface area contributed by atoms with Crippen molar-refractivity contribution in [2.75, 3.05) is 6.61 Å². The third-order valence-corrected chi connectivity index (χ3v) is 3.15. The summed E-state index contributed by atoms with van der Waals surface area (Å²) in [6.45, 7) is 8.62. The molecule has 0 saturated carbocycles. The molecule has 2 N–H and O–H groups in total. The van der Waals surface area contributed by atoms with Crippen molar-refractivity contribution in [3.05, 3.63) is 0 Å². The summed E-state index contributed by atoms with van der Waals surface area (Å²) in [5, 5.41) is 21.7. The Morgan fingerprint density at radius 1 is 1.33 bits per heavy atom. The highest BCUT2D eigenvalue weighted by Gasteiger charge is 2.40. The van der Waals surface area contributed by atoms with Crippen molar-refractivity contribution in [1.29, 1.82) is 5.26 Å². The van der Waals surface area contributed by atoms with Crippen LogP contribution in [-0.4, -0.2) is 22.8 Å². The minimum Gasteiger partial charge on any atom is -0.395 e. The molecule has 0 spiro atoms. The van der Waals surface area contributed by atoms with Crippen molar-refractivity contribution in [2.45, 2.75) is 51.6 Å². The largest absolute Gasteiger partial charge is 0.395 e. The van der Waals surface area contributed by atoms with Crippen molar-refractivity contribution in [3.63, 3.8) is 0 Å². The highest BCUT2D eigenvalue weighted by molar-refractivity contribution is 5.02. The Bertz CT molecular complexity index is 249. The van der Waals surface area contributed by atoms with Crippen LogP contribution in [0, 0.1) is 23.2 Å². The zero-order valence-corrected chi connectivity index (χ0v) is 10.2. The van der Waals surface area contributed by atoms with Crippen LogP contribution in [0.3, 0.4) is 0 Å². The first kappa shape index (κ1) is 12.5. The molecule has 0 aromatic heterocycles. The summed E-state index contributed by atoms with van der Waals surface area (Å²) in [5.74, 6) is 0.0805. The van der Waals surface area contributed by atoms with Crippen LogP contribution in [-0.2, 0) is 0 Å². The van der Waals surface area contributed by atoms with Gasteiger partial charge in [-0.3, -0.25) is 0 Å². The van der Waals surface area contributed by atoms with E-state index >= 15 is 0 Å². The zero-order chi connectivity index (χ0) is 11.7. The lowest BCUT2D eigenvalue weighted by molar-refractivity contribution is 0.0858. The molecule has 0 aromatic rings. The Labute approximate surface area is 92.5 Å². The fourth-order valence-corrected chi connectivity index (χ4v) is 2.98. The van der Waals surface area contributed by atoms with Crippen LogP contribution in [0.5, 0.6) is 0 Å². The first-order chi connectivity index (χ1) is 6.79. The molecule has 0 aliphatic carbocycles. The quantitative estimate of drug-likeness (QED) is 0.729. The molecule has 15 heavy (non-hydrogen) atoms. The highest BCUT2D eigenvalue weighted by atomic mass is 16.3. The fraction of sp³-hybridized carbons (Fsp3) is 0.917. The van der Waals surface area contributed by atoms with Gasteiger partial charge in [0.15, 0.2) is 0 Å². The number of hydrogen-bond acceptors (Lipinski definition) is 3. The third-order valence-electron chi connectivity index (χ3n) is 3.15. The molecule has 0 radical (unpaired) electrons. The summed E-state index contributed by atoms with van der Waals surface area (Å²) in [6, 6.07) is 2.22. The first-order valence-corrected chi connectivity index (χ1v) is 5.59. The van der Waals surface area contributed by atoms with E-state index in [2.05, 4.69) is 39.1 Å². The summed E-state index contributed by atoms with van der Waals surface area (Å²) >= 11 is 0. The van der Waals surface area contributed by atoms with Crippen LogP contribution in [0.2, 0.25) is 0 Å². The van der Waals surface area contributed by atoms with Gasteiger partial charge in [0.1, 0.15) is 0 Å². The molecule has 0 bridgehead atoms. The molecule has 0 amide bonds. The van der Waals surface area contributed by atoms with E-state index in [1.54, 1.807) is 0 Å². The van der Waals surface area contributed by atoms with Gasteiger partial charge in [0, 0.05) is 11.1 Å². The van der Waals surface area contributed by atoms with E-state index < -0.39 is 0 Å². The van der Waals surface area contributed by atoms with Crippen LogP contribution < -0.4 is 5.32 Å². The predicted octanol–water partition coefficient (Wildman–Crippen LogP) is 1.68. The molecule has 1 rings (SSSR count). The molecule has 1 aliphatic rings. The Morgan fingerprint density at radius 2 is 1.80 bits per heavy atom. The van der Waals surface area contributed by atoms with Gasteiger partial charge in [-0.15, -0.1) is 0 Å². The van der Waals surface area contributed by atoms with Crippen LogP contribution in [0.1, 0.15) is 40.5 Å². The maximum atomic E-state index is 9.18. The van der Waals surface area contributed by atoms with Crippen molar-refractivity contribution < 1.29 is 5.11 Å². The van der Waals surface area contributed by atoms with E-state index in [9.17, 15) is 5.11 Å². The number of aliphatic hydroxyl groups excluding tert-OH is 1. The van der Waals surface area contributed by atoms with Crippen molar-refractivity contribution in [2.24, 2.45) is 11.8 Å². The smallest absolute Gasteiger partial charge is 0.0723 e. The van der Waals surface area contributed by atoms with E-state index in [1.807, 2.05) is 0 Å². The summed E-state index contributed by atoms with van der Waals surface area (Å²) in [5.41, 5.74) is 0.105. The number of nitrogens with one attached hydrogen (secondary N) is 1. The molecule has 1 saturated heterocycles. The minimum atomic E-state index is -0.217. The van der Waals surface area contributed by atoms with E-state index in [-0.39, 0.29) is 23.6 Å². The second kappa shape index (κ2) is 4.11. The van der Waals surface area contributed by atoms with Crippen LogP contribution in [0.4, 0.5) is 0 Å². The number of aliphatic hydroxyl groups is 1. The van der Waals surface area contributed by atoms with E-state index in [1.165, 1.54) is 0 Å². The number of nitrogens with zero attached hydrogens (tertiary/aromatic N) is 1. The highest BCUT2D eigenvalue weighted by Crippen LogP contribution is 2.36. The molecule has 3 nitrogen and oxygen atoms in total. The van der Waals surface area contributed by atoms with Gasteiger partial charge in [-0.05, 0) is 46.5 Å². The van der Waals surface area contributed by atoms with E-state index in [0.29, 0.717) is 5.92 Å². The van der Waals surface area contributed by atoms with Gasteiger partial charge < -0.3 is 10.4 Å². The maximum Gasteiger partial charge on any atom is 0.0723 e. The number of rotatable bonds is 2. The maximum absolute atomic E-state index is 9.18. The molecule has 0 aromatic carbocycles. The Hall–Kier alpha value is -0.590. The number of hydrogen-bond donors (Lipinski definition) is 2. The standard InChI is InChI=1S/C12H22N2O/c1-11(2)5-9(10(7-13)8-15)6-12(3,4)14-11/h9-10,14-15H,5-6,8H2,1-4H3. The van der Waals surface area contributed by atoms with E-state index in [4.69, 9.17) is 5.26 Å². The second-order valence-corrected chi connectivity index (χ2v) is 5.98. The van der Waals surface area contributed by atoms with Crippen LogP contribution in [0.25, 0.3) is 0 Å². The Balaban J connectivity index is 2.80. The molecular formula is C12H22N2O. The molecule has 1 fully saturated rings. The normalized spacial score (nSPS) is 26.9. The van der Waals surface area contributed by atoms with Gasteiger partial charge >= 0.3 is 0 Å². The van der Waals surface area contributed by atoms with E-state index in [0.717, 1.165) is 12.8 Å². The fourth-order valence-electron chi connectivity index (χ4n) is 2.98. The second-order valence-electron chi connectivity index (χ2n) is 5.98. The van der Waals surface area contributed by atoms with Crippen molar-refractivity contribution in [1.82, 2.24) is 5.32 Å². The lowest BCUT2D eigenvalue weighted by atomic mass is 9.71. The third kappa shape index (κ3) is 3.19. The average molecular weight is 210 g/mol. The minimum absolute atomic E-state index is 0.0205. The molecule has 1 unspecified atom stereocenters. The lowest BCUT2D eigenvalue weighted by Crippen LogP contribution is -2.58. The summed E-state index contributed by atoms with van der Waals surface area (Å²) < 4.78 is 0. The van der Waals surface area contributed by atoms with Gasteiger partial charge in [0.05, 0.1) is 18.6 Å². The molecule has 3 heteroatoms. The monoisotopic (exact) mass is 210 g/mol. The Kier molecular flexibility index (Phi) is 3.42. The molecular weight excluding hydrogens is 188 g/mol. The van der Waals surface area contributed by atoms with Gasteiger partial charge in [-0.25, -0.2) is 0 Å². The predicted molar refractivity (Wildman–Crippen MR) is 60.2 cm³/mol. The zero-order valence-electron chi connectivity index (χ0n) is 10.2. The average Bonchev–Trinajstić information content (AvgIpc) is 2.00. The summed E-state index contributed by atoms with van der Waals surface area (Å²) in [7, 11) is 0. The molecule has 1 heterocycles. The summed E-state index contributed by atoms with van der Waals surface area (Å²) in [4.78, 5) is 0. The van der Waals surface area contributed by atoms with Crippen molar-refractivity contribution in [3.8, 4) is 6.07 Å². The first-order valence-electron chi connectivity index (χ1n) is 5.59. The molecule has 1 atom stereocenters. The van der Waals surface area contributed by atoms with Gasteiger partial charge in [0.2, 0.25) is 0 Å². The van der Waals surface area contributed by atoms with Gasteiger partial charge in [-0.1, -0.05) is 0 Å². The number of piperidine rings is 1. The Morgan fingerprint density at radius 3 is 2.13 bits per heavy atom. The summed E-state index contributed by atoms with van der Waals surface area (Å²) in [6.07, 6.45) is 1.91. The molecule has 1 aliphatic heterocycles.